The minimum Gasteiger partial charge on any atom is -0.314 e. The van der Waals surface area contributed by atoms with Gasteiger partial charge in [-0.1, -0.05) is 11.6 Å². The van der Waals surface area contributed by atoms with Gasteiger partial charge in [-0.2, -0.15) is 0 Å². The van der Waals surface area contributed by atoms with E-state index in [1.807, 2.05) is 22.7 Å². The van der Waals surface area contributed by atoms with Crippen LogP contribution in [-0.2, 0) is 6.54 Å². The summed E-state index contributed by atoms with van der Waals surface area (Å²) in [5.74, 6) is 0. The van der Waals surface area contributed by atoms with E-state index in [2.05, 4.69) is 28.3 Å². The van der Waals surface area contributed by atoms with E-state index in [9.17, 15) is 0 Å². The van der Waals surface area contributed by atoms with Crippen molar-refractivity contribution in [3.63, 3.8) is 0 Å². The van der Waals surface area contributed by atoms with Gasteiger partial charge in [0.1, 0.15) is 5.65 Å². The summed E-state index contributed by atoms with van der Waals surface area (Å²) >= 11 is 5.98. The molecule has 0 spiro atoms. The average Bonchev–Trinajstić information content (AvgIpc) is 2.73. The van der Waals surface area contributed by atoms with Crippen molar-refractivity contribution in [2.75, 3.05) is 19.6 Å². The van der Waals surface area contributed by atoms with Gasteiger partial charge in [0.25, 0.3) is 0 Å². The van der Waals surface area contributed by atoms with E-state index in [0.717, 1.165) is 42.5 Å². The summed E-state index contributed by atoms with van der Waals surface area (Å²) in [7, 11) is 0. The van der Waals surface area contributed by atoms with Crippen LogP contribution < -0.4 is 5.32 Å². The molecule has 2 aromatic rings. The van der Waals surface area contributed by atoms with Crippen LogP contribution in [0.4, 0.5) is 0 Å². The van der Waals surface area contributed by atoms with Crippen LogP contribution in [0, 0.1) is 0 Å². The largest absolute Gasteiger partial charge is 0.314 e. The normalized spacial score (nSPS) is 20.4. The Bertz CT molecular complexity index is 555. The molecule has 0 bridgehead atoms. The van der Waals surface area contributed by atoms with Crippen molar-refractivity contribution in [2.24, 2.45) is 0 Å². The number of rotatable bonds is 2. The zero-order valence-electron chi connectivity index (χ0n) is 10.8. The Morgan fingerprint density at radius 2 is 2.26 bits per heavy atom. The molecule has 104 valence electrons. The second kappa shape index (κ2) is 6.09. The summed E-state index contributed by atoms with van der Waals surface area (Å²) in [5.41, 5.74) is 2.06. The maximum absolute atomic E-state index is 5.98. The van der Waals surface area contributed by atoms with Crippen LogP contribution in [0.3, 0.4) is 0 Å². The molecule has 6 heteroatoms. The highest BCUT2D eigenvalue weighted by atomic mass is 35.5. The van der Waals surface area contributed by atoms with Crippen LogP contribution in [0.5, 0.6) is 0 Å². The number of hydrogen-bond acceptors (Lipinski definition) is 3. The SMILES string of the molecule is C[C@@H]1CNCCN1Cc1cn2cc(Cl)ccc2n1.Cl. The van der Waals surface area contributed by atoms with Gasteiger partial charge in [-0.15, -0.1) is 12.4 Å². The van der Waals surface area contributed by atoms with Gasteiger partial charge in [0, 0.05) is 44.6 Å². The van der Waals surface area contributed by atoms with Crippen LogP contribution in [-0.4, -0.2) is 40.0 Å². The standard InChI is InChI=1S/C13H17ClN4.ClH/c1-10-6-15-4-5-17(10)8-12-9-18-7-11(14)2-3-13(18)16-12;/h2-3,7,9-10,15H,4-6,8H2,1H3;1H/t10-;/m1./s1. The highest BCUT2D eigenvalue weighted by molar-refractivity contribution is 6.30. The number of pyridine rings is 1. The second-order valence-corrected chi connectivity index (χ2v) is 5.31. The topological polar surface area (TPSA) is 32.6 Å². The molecule has 4 nitrogen and oxygen atoms in total. The molecule has 1 saturated heterocycles. The van der Waals surface area contributed by atoms with Gasteiger partial charge in [-0.3, -0.25) is 4.90 Å². The van der Waals surface area contributed by atoms with Gasteiger partial charge < -0.3 is 9.72 Å². The van der Waals surface area contributed by atoms with E-state index < -0.39 is 0 Å². The fourth-order valence-electron chi connectivity index (χ4n) is 2.42. The highest BCUT2D eigenvalue weighted by Gasteiger charge is 2.18. The molecule has 0 aliphatic carbocycles. The smallest absolute Gasteiger partial charge is 0.137 e. The molecule has 2 aromatic heterocycles. The minimum absolute atomic E-state index is 0. The zero-order chi connectivity index (χ0) is 12.5. The van der Waals surface area contributed by atoms with Gasteiger partial charge >= 0.3 is 0 Å². The molecule has 0 aromatic carbocycles. The molecule has 1 fully saturated rings. The fourth-order valence-corrected chi connectivity index (χ4v) is 2.59. The van der Waals surface area contributed by atoms with Gasteiger partial charge in [0.05, 0.1) is 10.7 Å². The molecule has 1 aliphatic rings. The van der Waals surface area contributed by atoms with Gasteiger partial charge in [-0.05, 0) is 19.1 Å². The molecule has 0 radical (unpaired) electrons. The van der Waals surface area contributed by atoms with Gasteiger partial charge in [0.2, 0.25) is 0 Å². The summed E-state index contributed by atoms with van der Waals surface area (Å²) in [4.78, 5) is 7.08. The van der Waals surface area contributed by atoms with Crippen molar-refractivity contribution in [1.82, 2.24) is 19.6 Å². The number of nitrogens with zero attached hydrogens (tertiary/aromatic N) is 3. The first-order chi connectivity index (χ1) is 8.72. The van der Waals surface area contributed by atoms with Gasteiger partial charge in [-0.25, -0.2) is 4.98 Å². The maximum Gasteiger partial charge on any atom is 0.137 e. The fraction of sp³-hybridized carbons (Fsp3) is 0.462. The number of piperazine rings is 1. The summed E-state index contributed by atoms with van der Waals surface area (Å²) in [6, 6.07) is 4.39. The van der Waals surface area contributed by atoms with Crippen LogP contribution in [0.2, 0.25) is 5.02 Å². The van der Waals surface area contributed by atoms with Crippen molar-refractivity contribution < 1.29 is 0 Å². The first-order valence-electron chi connectivity index (χ1n) is 6.30. The lowest BCUT2D eigenvalue weighted by Crippen LogP contribution is -2.49. The molecular formula is C13H18Cl2N4. The predicted octanol–water partition coefficient (Wildman–Crippen LogP) is 2.20. The number of nitrogens with one attached hydrogen (secondary N) is 1. The lowest BCUT2D eigenvalue weighted by molar-refractivity contribution is 0.164. The number of fused-ring (bicyclic) bond motifs is 1. The van der Waals surface area contributed by atoms with Crippen molar-refractivity contribution >= 4 is 29.7 Å². The summed E-state index contributed by atoms with van der Waals surface area (Å²) < 4.78 is 1.99. The van der Waals surface area contributed by atoms with Crippen LogP contribution >= 0.6 is 24.0 Å². The van der Waals surface area contributed by atoms with E-state index in [4.69, 9.17) is 11.6 Å². The third-order valence-electron chi connectivity index (χ3n) is 3.47. The van der Waals surface area contributed by atoms with Crippen molar-refractivity contribution in [3.05, 3.63) is 35.2 Å². The first-order valence-corrected chi connectivity index (χ1v) is 6.68. The Kier molecular flexibility index (Phi) is 4.68. The quantitative estimate of drug-likeness (QED) is 0.923. The monoisotopic (exact) mass is 300 g/mol. The Balaban J connectivity index is 0.00000133. The number of aromatic nitrogens is 2. The van der Waals surface area contributed by atoms with Crippen LogP contribution in [0.1, 0.15) is 12.6 Å². The molecule has 1 N–H and O–H groups in total. The average molecular weight is 301 g/mol. The Labute approximate surface area is 124 Å². The van der Waals surface area contributed by atoms with Crippen molar-refractivity contribution in [3.8, 4) is 0 Å². The van der Waals surface area contributed by atoms with E-state index in [1.165, 1.54) is 0 Å². The molecule has 0 amide bonds. The summed E-state index contributed by atoms with van der Waals surface area (Å²) in [5, 5.41) is 4.14. The maximum atomic E-state index is 5.98. The Hall–Kier alpha value is -0.810. The molecular weight excluding hydrogens is 283 g/mol. The first kappa shape index (κ1) is 14.6. The minimum atomic E-state index is 0. The molecule has 3 heterocycles. The Morgan fingerprint density at radius 1 is 1.42 bits per heavy atom. The molecule has 19 heavy (non-hydrogen) atoms. The summed E-state index contributed by atoms with van der Waals surface area (Å²) in [6.07, 6.45) is 3.96. The third-order valence-corrected chi connectivity index (χ3v) is 3.69. The van der Waals surface area contributed by atoms with Crippen LogP contribution in [0.25, 0.3) is 5.65 Å². The summed E-state index contributed by atoms with van der Waals surface area (Å²) in [6.45, 7) is 6.35. The molecule has 0 unspecified atom stereocenters. The number of halogens is 2. The Morgan fingerprint density at radius 3 is 3.05 bits per heavy atom. The van der Waals surface area contributed by atoms with E-state index in [-0.39, 0.29) is 12.4 Å². The molecule has 1 atom stereocenters. The molecule has 0 saturated carbocycles. The molecule has 3 rings (SSSR count). The second-order valence-electron chi connectivity index (χ2n) is 4.87. The van der Waals surface area contributed by atoms with Gasteiger partial charge in [0.15, 0.2) is 0 Å². The van der Waals surface area contributed by atoms with E-state index in [1.54, 1.807) is 0 Å². The number of hydrogen-bond donors (Lipinski definition) is 1. The molecule has 1 aliphatic heterocycles. The van der Waals surface area contributed by atoms with Crippen LogP contribution in [0.15, 0.2) is 24.5 Å². The van der Waals surface area contributed by atoms with E-state index in [0.29, 0.717) is 6.04 Å². The lowest BCUT2D eigenvalue weighted by Gasteiger charge is -2.33. The predicted molar refractivity (Wildman–Crippen MR) is 80.2 cm³/mol. The highest BCUT2D eigenvalue weighted by Crippen LogP contribution is 2.14. The zero-order valence-corrected chi connectivity index (χ0v) is 12.4. The van der Waals surface area contributed by atoms with E-state index >= 15 is 0 Å². The third kappa shape index (κ3) is 3.20. The number of imidazole rings is 1. The lowest BCUT2D eigenvalue weighted by atomic mass is 10.2. The van der Waals surface area contributed by atoms with Crippen molar-refractivity contribution in [2.45, 2.75) is 19.5 Å². The van der Waals surface area contributed by atoms with Crippen molar-refractivity contribution in [1.29, 1.82) is 0 Å².